The Bertz CT molecular complexity index is 1380. The van der Waals surface area contributed by atoms with Crippen molar-refractivity contribution < 1.29 is 28.3 Å². The lowest BCUT2D eigenvalue weighted by molar-refractivity contribution is -0.144. The van der Waals surface area contributed by atoms with Crippen LogP contribution in [-0.2, 0) is 39.3 Å². The van der Waals surface area contributed by atoms with Crippen LogP contribution in [0.1, 0.15) is 54.4 Å². The number of fused-ring (bicyclic) bond motifs is 3. The van der Waals surface area contributed by atoms with Gasteiger partial charge in [-0.05, 0) is 85.4 Å². The Hall–Kier alpha value is -3.95. The molecule has 1 spiro atoms. The van der Waals surface area contributed by atoms with Crippen LogP contribution in [0.15, 0.2) is 36.4 Å². The fourth-order valence-corrected chi connectivity index (χ4v) is 6.35. The van der Waals surface area contributed by atoms with E-state index in [-0.39, 0.29) is 23.8 Å². The molecule has 2 aliphatic heterocycles. The zero-order chi connectivity index (χ0) is 27.3. The average molecular weight is 535 g/mol. The maximum Gasteiger partial charge on any atom is 0.418 e. The van der Waals surface area contributed by atoms with Crippen LogP contribution < -0.4 is 10.6 Å². The highest BCUT2D eigenvalue weighted by molar-refractivity contribution is 6.06. The summed E-state index contributed by atoms with van der Waals surface area (Å²) in [6.07, 6.45) is 4.23. The van der Waals surface area contributed by atoms with Crippen LogP contribution in [0.2, 0.25) is 0 Å². The first-order valence-corrected chi connectivity index (χ1v) is 13.5. The number of urea groups is 1. The Labute approximate surface area is 225 Å². The molecule has 0 aromatic heterocycles. The van der Waals surface area contributed by atoms with Crippen LogP contribution in [0.5, 0.6) is 0 Å². The summed E-state index contributed by atoms with van der Waals surface area (Å²) < 4.78 is 19.7. The molecular weight excluding hydrogens is 503 g/mol. The summed E-state index contributed by atoms with van der Waals surface area (Å²) in [7, 11) is 1.52. The molecule has 2 aromatic rings. The number of amides is 5. The van der Waals surface area contributed by atoms with E-state index in [9.17, 15) is 23.6 Å². The van der Waals surface area contributed by atoms with E-state index in [1.807, 2.05) is 0 Å². The molecule has 6 rings (SSSR count). The molecule has 2 heterocycles. The number of benzene rings is 2. The quantitative estimate of drug-likeness (QED) is 0.620. The molecule has 1 unspecified atom stereocenters. The van der Waals surface area contributed by atoms with Gasteiger partial charge in [0, 0.05) is 37.3 Å². The minimum Gasteiger partial charge on any atom is -0.427 e. The second-order valence-electron chi connectivity index (χ2n) is 10.9. The SMILES string of the molecule is CNC(=O)Nc1ccc2c(c1)CCCC21OC(=O)N(CC(=O)N2Cc3ccc(F)cc3CC[C@H]2C2CC2)C1=O. The molecule has 1 saturated heterocycles. The fourth-order valence-electron chi connectivity index (χ4n) is 6.35. The Morgan fingerprint density at radius 3 is 2.64 bits per heavy atom. The number of carbonyl (C=O) groups is 4. The lowest BCUT2D eigenvalue weighted by Gasteiger charge is -2.33. The molecule has 2 atom stereocenters. The van der Waals surface area contributed by atoms with E-state index in [1.165, 1.54) is 19.2 Å². The van der Waals surface area contributed by atoms with Crippen molar-refractivity contribution in [1.82, 2.24) is 15.1 Å². The highest BCUT2D eigenvalue weighted by atomic mass is 19.1. The van der Waals surface area contributed by atoms with Crippen molar-refractivity contribution in [1.29, 1.82) is 0 Å². The van der Waals surface area contributed by atoms with Gasteiger partial charge in [0.2, 0.25) is 11.5 Å². The normalized spacial score (nSPS) is 24.1. The van der Waals surface area contributed by atoms with Gasteiger partial charge < -0.3 is 20.3 Å². The predicted molar refractivity (Wildman–Crippen MR) is 139 cm³/mol. The lowest BCUT2D eigenvalue weighted by Crippen LogP contribution is -2.48. The molecule has 9 nitrogen and oxygen atoms in total. The van der Waals surface area contributed by atoms with Gasteiger partial charge in [-0.1, -0.05) is 12.1 Å². The molecule has 0 radical (unpaired) electrons. The predicted octanol–water partition coefficient (Wildman–Crippen LogP) is 3.84. The first-order valence-electron chi connectivity index (χ1n) is 13.5. The third-order valence-electron chi connectivity index (χ3n) is 8.47. The number of carbonyl (C=O) groups excluding carboxylic acids is 4. The Morgan fingerprint density at radius 2 is 1.87 bits per heavy atom. The van der Waals surface area contributed by atoms with Gasteiger partial charge in [-0.2, -0.15) is 0 Å². The summed E-state index contributed by atoms with van der Waals surface area (Å²) in [6, 6.07) is 9.46. The Kier molecular flexibility index (Phi) is 6.28. The number of ether oxygens (including phenoxy) is 1. The number of nitrogens with one attached hydrogen (secondary N) is 2. The summed E-state index contributed by atoms with van der Waals surface area (Å²) >= 11 is 0. The number of anilines is 1. The van der Waals surface area contributed by atoms with Crippen molar-refractivity contribution >= 4 is 29.6 Å². The zero-order valence-electron chi connectivity index (χ0n) is 21.8. The standard InChI is InChI=1S/C29H31FN4O5/c1-31-27(37)32-22-9-10-23-19(14-22)3-2-12-29(23)26(36)34(28(38)39-29)16-25(35)33-15-20-6-8-21(30)13-18(20)7-11-24(33)17-4-5-17/h6,8-10,13-14,17,24H,2-5,7,11-12,15-16H2,1H3,(H2,31,32,37)/t24-,29?/m0/s1. The number of aryl methyl sites for hydroxylation is 2. The number of nitrogens with zero attached hydrogens (tertiary/aromatic N) is 2. The van der Waals surface area contributed by atoms with E-state index in [1.54, 1.807) is 29.2 Å². The van der Waals surface area contributed by atoms with Gasteiger partial charge in [-0.25, -0.2) is 18.9 Å². The largest absolute Gasteiger partial charge is 0.427 e. The number of halogens is 1. The molecule has 2 aliphatic carbocycles. The van der Waals surface area contributed by atoms with Crippen LogP contribution in [0, 0.1) is 11.7 Å². The minimum atomic E-state index is -1.48. The van der Waals surface area contributed by atoms with Crippen molar-refractivity contribution in [2.24, 2.45) is 5.92 Å². The van der Waals surface area contributed by atoms with Gasteiger partial charge in [-0.3, -0.25) is 9.59 Å². The Balaban J connectivity index is 1.24. The summed E-state index contributed by atoms with van der Waals surface area (Å²) in [5, 5.41) is 5.22. The molecular formula is C29H31FN4O5. The topological polar surface area (TPSA) is 108 Å². The van der Waals surface area contributed by atoms with E-state index in [2.05, 4.69) is 10.6 Å². The monoisotopic (exact) mass is 534 g/mol. The maximum absolute atomic E-state index is 13.9. The molecule has 204 valence electrons. The molecule has 2 aromatic carbocycles. The van der Waals surface area contributed by atoms with Crippen LogP contribution in [0.25, 0.3) is 0 Å². The first kappa shape index (κ1) is 25.3. The number of hydrogen-bond donors (Lipinski definition) is 2. The lowest BCUT2D eigenvalue weighted by atomic mass is 9.78. The highest BCUT2D eigenvalue weighted by Gasteiger charge is 2.57. The van der Waals surface area contributed by atoms with E-state index in [0.29, 0.717) is 49.4 Å². The highest BCUT2D eigenvalue weighted by Crippen LogP contribution is 2.45. The van der Waals surface area contributed by atoms with Crippen molar-refractivity contribution in [3.63, 3.8) is 0 Å². The first-order chi connectivity index (χ1) is 18.8. The van der Waals surface area contributed by atoms with Crippen LogP contribution in [0.3, 0.4) is 0 Å². The van der Waals surface area contributed by atoms with E-state index < -0.39 is 24.1 Å². The smallest absolute Gasteiger partial charge is 0.418 e. The second kappa shape index (κ2) is 9.66. The zero-order valence-corrected chi connectivity index (χ0v) is 21.8. The third kappa shape index (κ3) is 4.51. The molecule has 2 fully saturated rings. The fraction of sp³-hybridized carbons (Fsp3) is 0.448. The van der Waals surface area contributed by atoms with E-state index in [4.69, 9.17) is 4.74 Å². The van der Waals surface area contributed by atoms with Crippen molar-refractivity contribution in [3.8, 4) is 0 Å². The number of hydrogen-bond acceptors (Lipinski definition) is 5. The van der Waals surface area contributed by atoms with Gasteiger partial charge in [0.25, 0.3) is 5.91 Å². The van der Waals surface area contributed by atoms with E-state index >= 15 is 0 Å². The average Bonchev–Trinajstić information content (AvgIpc) is 3.75. The van der Waals surface area contributed by atoms with Gasteiger partial charge in [0.05, 0.1) is 0 Å². The number of imide groups is 1. The molecule has 39 heavy (non-hydrogen) atoms. The van der Waals surface area contributed by atoms with Crippen LogP contribution in [0.4, 0.5) is 19.7 Å². The van der Waals surface area contributed by atoms with Gasteiger partial charge in [-0.15, -0.1) is 0 Å². The van der Waals surface area contributed by atoms with E-state index in [0.717, 1.165) is 40.9 Å². The van der Waals surface area contributed by atoms with Crippen molar-refractivity contribution in [2.75, 3.05) is 18.9 Å². The van der Waals surface area contributed by atoms with Crippen LogP contribution >= 0.6 is 0 Å². The minimum absolute atomic E-state index is 0.0164. The maximum atomic E-state index is 13.9. The summed E-state index contributed by atoms with van der Waals surface area (Å²) in [4.78, 5) is 55.0. The van der Waals surface area contributed by atoms with Gasteiger partial charge in [0.15, 0.2) is 0 Å². The van der Waals surface area contributed by atoms with Gasteiger partial charge in [0.1, 0.15) is 12.4 Å². The molecule has 5 amide bonds. The number of rotatable bonds is 4. The van der Waals surface area contributed by atoms with Crippen molar-refractivity contribution in [2.45, 2.75) is 63.1 Å². The van der Waals surface area contributed by atoms with Gasteiger partial charge >= 0.3 is 12.1 Å². The van der Waals surface area contributed by atoms with Crippen LogP contribution in [-0.4, -0.2) is 53.4 Å². The molecule has 1 saturated carbocycles. The molecule has 10 heteroatoms. The molecule has 0 bridgehead atoms. The summed E-state index contributed by atoms with van der Waals surface area (Å²) in [6.45, 7) is -0.0768. The summed E-state index contributed by atoms with van der Waals surface area (Å²) in [5.74, 6) is -0.762. The summed E-state index contributed by atoms with van der Waals surface area (Å²) in [5.41, 5.74) is 2.29. The Morgan fingerprint density at radius 1 is 1.05 bits per heavy atom. The van der Waals surface area contributed by atoms with Crippen molar-refractivity contribution in [3.05, 3.63) is 64.5 Å². The second-order valence-corrected chi connectivity index (χ2v) is 10.9. The molecule has 2 N–H and O–H groups in total. The third-order valence-corrected chi connectivity index (χ3v) is 8.47. The molecule has 4 aliphatic rings.